The molecule has 2 heterocycles. The van der Waals surface area contributed by atoms with Gasteiger partial charge in [0.2, 0.25) is 0 Å². The quantitative estimate of drug-likeness (QED) is 0.601. The summed E-state index contributed by atoms with van der Waals surface area (Å²) in [6.07, 6.45) is 3.15. The van der Waals surface area contributed by atoms with Crippen molar-refractivity contribution in [2.24, 2.45) is 0 Å². The summed E-state index contributed by atoms with van der Waals surface area (Å²) in [7, 11) is 3.71. The van der Waals surface area contributed by atoms with Gasteiger partial charge in [-0.1, -0.05) is 0 Å². The van der Waals surface area contributed by atoms with E-state index in [1.54, 1.807) is 23.8 Å². The topological polar surface area (TPSA) is 62.3 Å². The zero-order chi connectivity index (χ0) is 20.9. The van der Waals surface area contributed by atoms with Gasteiger partial charge in [0, 0.05) is 63.1 Å². The van der Waals surface area contributed by atoms with E-state index < -0.39 is 5.60 Å². The van der Waals surface area contributed by atoms with Gasteiger partial charge < -0.3 is 24.2 Å². The van der Waals surface area contributed by atoms with Gasteiger partial charge in [0.05, 0.1) is 13.2 Å². The molecule has 3 rings (SSSR count). The SMILES string of the molecule is COCCN(C)CCN1CC2(CCN(C(=O)c3ccc(SC)cc3)CC2)OC1=O. The smallest absolute Gasteiger partial charge is 0.410 e. The van der Waals surface area contributed by atoms with Gasteiger partial charge in [-0.25, -0.2) is 4.79 Å². The minimum Gasteiger partial charge on any atom is -0.441 e. The van der Waals surface area contributed by atoms with Gasteiger partial charge in [0.25, 0.3) is 5.91 Å². The van der Waals surface area contributed by atoms with Gasteiger partial charge in [-0.15, -0.1) is 11.8 Å². The number of hydrogen-bond acceptors (Lipinski definition) is 6. The Kier molecular flexibility index (Phi) is 7.43. The van der Waals surface area contributed by atoms with Crippen LogP contribution in [0, 0.1) is 0 Å². The van der Waals surface area contributed by atoms with Crippen LogP contribution < -0.4 is 0 Å². The van der Waals surface area contributed by atoms with Crippen LogP contribution in [0.4, 0.5) is 4.79 Å². The van der Waals surface area contributed by atoms with Crippen LogP contribution in [0.15, 0.2) is 29.2 Å². The molecule has 29 heavy (non-hydrogen) atoms. The largest absolute Gasteiger partial charge is 0.441 e. The average molecular weight is 422 g/mol. The Labute approximate surface area is 177 Å². The standard InChI is InChI=1S/C21H31N3O4S/c1-22(14-15-27-2)12-13-24-16-21(28-20(24)26)8-10-23(11-9-21)19(25)17-4-6-18(29-3)7-5-17/h4-7H,8-16H2,1-3H3. The van der Waals surface area contributed by atoms with Crippen LogP contribution in [0.25, 0.3) is 0 Å². The molecule has 2 aliphatic rings. The number of amides is 2. The zero-order valence-electron chi connectivity index (χ0n) is 17.6. The highest BCUT2D eigenvalue weighted by atomic mass is 32.2. The Balaban J connectivity index is 1.50. The van der Waals surface area contributed by atoms with E-state index in [-0.39, 0.29) is 12.0 Å². The molecule has 0 aliphatic carbocycles. The Morgan fingerprint density at radius 1 is 1.24 bits per heavy atom. The van der Waals surface area contributed by atoms with Crippen molar-refractivity contribution in [1.82, 2.24) is 14.7 Å². The van der Waals surface area contributed by atoms with Gasteiger partial charge in [-0.05, 0) is 37.6 Å². The molecule has 0 saturated carbocycles. The Morgan fingerprint density at radius 3 is 2.55 bits per heavy atom. The van der Waals surface area contributed by atoms with Gasteiger partial charge in [0.15, 0.2) is 0 Å². The van der Waals surface area contributed by atoms with Crippen molar-refractivity contribution in [2.45, 2.75) is 23.3 Å². The molecule has 2 saturated heterocycles. The molecule has 0 radical (unpaired) electrons. The first-order valence-corrected chi connectivity index (χ1v) is 11.3. The van der Waals surface area contributed by atoms with E-state index in [0.29, 0.717) is 51.2 Å². The lowest BCUT2D eigenvalue weighted by atomic mass is 9.91. The van der Waals surface area contributed by atoms with Crippen LogP contribution in [-0.2, 0) is 9.47 Å². The number of methoxy groups -OCH3 is 1. The van der Waals surface area contributed by atoms with Crippen molar-refractivity contribution in [3.63, 3.8) is 0 Å². The lowest BCUT2D eigenvalue weighted by Gasteiger charge is -2.37. The fourth-order valence-electron chi connectivity index (χ4n) is 3.81. The molecule has 0 aromatic heterocycles. The van der Waals surface area contributed by atoms with Crippen LogP contribution >= 0.6 is 11.8 Å². The number of likely N-dealkylation sites (N-methyl/N-ethyl adjacent to an activating group) is 1. The van der Waals surface area contributed by atoms with Crippen molar-refractivity contribution in [2.75, 3.05) is 66.3 Å². The van der Waals surface area contributed by atoms with Crippen LogP contribution in [0.2, 0.25) is 0 Å². The summed E-state index contributed by atoms with van der Waals surface area (Å²) in [5, 5.41) is 0. The van der Waals surface area contributed by atoms with E-state index in [1.165, 1.54) is 0 Å². The fraction of sp³-hybridized carbons (Fsp3) is 0.619. The number of thioether (sulfide) groups is 1. The molecule has 160 valence electrons. The first-order chi connectivity index (χ1) is 14.0. The second kappa shape index (κ2) is 9.82. The monoisotopic (exact) mass is 421 g/mol. The van der Waals surface area contributed by atoms with Gasteiger partial charge in [-0.2, -0.15) is 0 Å². The normalized spacial score (nSPS) is 18.6. The zero-order valence-corrected chi connectivity index (χ0v) is 18.4. The minimum absolute atomic E-state index is 0.0495. The summed E-state index contributed by atoms with van der Waals surface area (Å²) in [5.41, 5.74) is 0.254. The molecule has 1 spiro atoms. The predicted molar refractivity (Wildman–Crippen MR) is 114 cm³/mol. The van der Waals surface area contributed by atoms with E-state index in [0.717, 1.165) is 18.0 Å². The number of ether oxygens (including phenoxy) is 2. The van der Waals surface area contributed by atoms with E-state index in [1.807, 2.05) is 42.5 Å². The second-order valence-electron chi connectivity index (χ2n) is 7.79. The maximum atomic E-state index is 12.8. The summed E-state index contributed by atoms with van der Waals surface area (Å²) < 4.78 is 10.9. The highest BCUT2D eigenvalue weighted by Crippen LogP contribution is 2.33. The molecule has 2 aliphatic heterocycles. The van der Waals surface area contributed by atoms with Crippen molar-refractivity contribution < 1.29 is 19.1 Å². The number of carbonyl (C=O) groups is 2. The van der Waals surface area contributed by atoms with Gasteiger partial charge in [-0.3, -0.25) is 4.79 Å². The predicted octanol–water partition coefficient (Wildman–Crippen LogP) is 2.41. The fourth-order valence-corrected chi connectivity index (χ4v) is 4.22. The molecular formula is C21H31N3O4S. The molecule has 0 bridgehead atoms. The molecule has 7 nitrogen and oxygen atoms in total. The van der Waals surface area contributed by atoms with E-state index in [2.05, 4.69) is 4.90 Å². The van der Waals surface area contributed by atoms with E-state index in [9.17, 15) is 9.59 Å². The number of rotatable bonds is 8. The number of piperidine rings is 1. The van der Waals surface area contributed by atoms with Gasteiger partial charge >= 0.3 is 6.09 Å². The van der Waals surface area contributed by atoms with Crippen molar-refractivity contribution in [3.05, 3.63) is 29.8 Å². The highest BCUT2D eigenvalue weighted by Gasteiger charge is 2.47. The van der Waals surface area contributed by atoms with Crippen molar-refractivity contribution in [3.8, 4) is 0 Å². The first kappa shape index (κ1) is 21.9. The van der Waals surface area contributed by atoms with Crippen LogP contribution in [0.3, 0.4) is 0 Å². The molecule has 1 aromatic carbocycles. The molecule has 2 fully saturated rings. The van der Waals surface area contributed by atoms with E-state index in [4.69, 9.17) is 9.47 Å². The lowest BCUT2D eigenvalue weighted by Crippen LogP contribution is -2.49. The summed E-state index contributed by atoms with van der Waals surface area (Å²) in [6, 6.07) is 7.72. The third-order valence-corrected chi connectivity index (χ3v) is 6.51. The van der Waals surface area contributed by atoms with Crippen molar-refractivity contribution in [1.29, 1.82) is 0 Å². The average Bonchev–Trinajstić information content (AvgIpc) is 3.05. The van der Waals surface area contributed by atoms with Crippen LogP contribution in [-0.4, -0.2) is 98.6 Å². The summed E-state index contributed by atoms with van der Waals surface area (Å²) >= 11 is 1.66. The molecule has 2 amide bonds. The summed E-state index contributed by atoms with van der Waals surface area (Å²) in [5.74, 6) is 0.0495. The molecule has 8 heteroatoms. The number of carbonyl (C=O) groups excluding carboxylic acids is 2. The number of benzene rings is 1. The second-order valence-corrected chi connectivity index (χ2v) is 8.67. The maximum absolute atomic E-state index is 12.8. The number of hydrogen-bond donors (Lipinski definition) is 0. The molecule has 1 aromatic rings. The molecule has 0 N–H and O–H groups in total. The Bertz CT molecular complexity index is 704. The minimum atomic E-state index is -0.457. The van der Waals surface area contributed by atoms with E-state index >= 15 is 0 Å². The molecule has 0 unspecified atom stereocenters. The molecule has 0 atom stereocenters. The first-order valence-electron chi connectivity index (χ1n) is 10.0. The van der Waals surface area contributed by atoms with Crippen molar-refractivity contribution >= 4 is 23.8 Å². The summed E-state index contributed by atoms with van der Waals surface area (Å²) in [4.78, 5) is 32.1. The molecular weight excluding hydrogens is 390 g/mol. The third-order valence-electron chi connectivity index (χ3n) is 5.77. The maximum Gasteiger partial charge on any atom is 0.410 e. The highest BCUT2D eigenvalue weighted by molar-refractivity contribution is 7.98. The Morgan fingerprint density at radius 2 is 1.93 bits per heavy atom. The summed E-state index contributed by atoms with van der Waals surface area (Å²) in [6.45, 7) is 4.76. The Hall–Kier alpha value is -1.77. The van der Waals surface area contributed by atoms with Crippen LogP contribution in [0.5, 0.6) is 0 Å². The third kappa shape index (κ3) is 5.43. The number of nitrogens with zero attached hydrogens (tertiary/aromatic N) is 3. The lowest BCUT2D eigenvalue weighted by molar-refractivity contribution is 0.00312. The van der Waals surface area contributed by atoms with Gasteiger partial charge in [0.1, 0.15) is 5.60 Å². The van der Waals surface area contributed by atoms with Crippen LogP contribution in [0.1, 0.15) is 23.2 Å². The number of likely N-dealkylation sites (tertiary alicyclic amines) is 1.